The normalized spacial score (nSPS) is 14.1. The average Bonchev–Trinajstić information content (AvgIpc) is 2.64. The molecule has 0 unspecified atom stereocenters. The molecule has 0 spiro atoms. The summed E-state index contributed by atoms with van der Waals surface area (Å²) < 4.78 is 192. The predicted octanol–water partition coefficient (Wildman–Crippen LogP) is 5.08. The van der Waals surface area contributed by atoms with Crippen LogP contribution >= 0.6 is 0 Å². The van der Waals surface area contributed by atoms with E-state index in [1.165, 1.54) is 6.92 Å². The van der Waals surface area contributed by atoms with Gasteiger partial charge in [0, 0.05) is 5.57 Å². The molecule has 0 aromatic rings. The Balaban J connectivity index is 0. The van der Waals surface area contributed by atoms with Gasteiger partial charge in [0.1, 0.15) is 0 Å². The van der Waals surface area contributed by atoms with E-state index in [1.54, 1.807) is 0 Å². The average molecular weight is 543 g/mol. The summed E-state index contributed by atoms with van der Waals surface area (Å²) in [5, 5.41) is 7.89. The number of hydrogen-bond acceptors (Lipinski definition) is 3. The topological polar surface area (TPSA) is 75.6 Å². The van der Waals surface area contributed by atoms with Crippen LogP contribution in [0.3, 0.4) is 0 Å². The van der Waals surface area contributed by atoms with E-state index in [2.05, 4.69) is 11.4 Å². The molecule has 0 aliphatic heterocycles. The Hall–Kier alpha value is -2.41. The molecule has 5 nitrogen and oxygen atoms in total. The van der Waals surface area contributed by atoms with Gasteiger partial charge in [-0.3, -0.25) is 9.63 Å². The van der Waals surface area contributed by atoms with Crippen LogP contribution in [0.4, 0.5) is 65.9 Å². The van der Waals surface area contributed by atoms with E-state index >= 15 is 0 Å². The van der Waals surface area contributed by atoms with Gasteiger partial charge in [-0.1, -0.05) is 6.58 Å². The zero-order chi connectivity index (χ0) is 28.4. The maximum atomic E-state index is 13.2. The Labute approximate surface area is 178 Å². The molecule has 0 radical (unpaired) electrons. The third-order valence-electron chi connectivity index (χ3n) is 3.29. The number of carbonyl (C=O) groups is 2. The third-order valence-corrected chi connectivity index (χ3v) is 3.29. The van der Waals surface area contributed by atoms with Crippen LogP contribution in [0.2, 0.25) is 0 Å². The highest BCUT2D eigenvalue weighted by molar-refractivity contribution is 5.85. The molecule has 0 bridgehead atoms. The highest BCUT2D eigenvalue weighted by Gasteiger charge is 2.94. The molecule has 0 aromatic carbocycles. The lowest BCUT2D eigenvalue weighted by Crippen LogP contribution is -2.74. The van der Waals surface area contributed by atoms with Crippen molar-refractivity contribution in [2.24, 2.45) is 0 Å². The van der Waals surface area contributed by atoms with E-state index in [0.717, 1.165) is 6.92 Å². The van der Waals surface area contributed by atoms with Gasteiger partial charge < -0.3 is 5.11 Å². The van der Waals surface area contributed by atoms with E-state index in [1.807, 2.05) is 0 Å². The van der Waals surface area contributed by atoms with Crippen LogP contribution in [-0.2, 0) is 14.4 Å². The summed E-state index contributed by atoms with van der Waals surface area (Å²) in [6.07, 6.45) is -7.68. The van der Waals surface area contributed by atoms with Crippen molar-refractivity contribution in [2.75, 3.05) is 6.61 Å². The number of hydroxylamine groups is 1. The predicted molar refractivity (Wildman–Crippen MR) is 78.0 cm³/mol. The lowest BCUT2D eigenvalue weighted by Gasteiger charge is -2.41. The van der Waals surface area contributed by atoms with Crippen molar-refractivity contribution >= 4 is 11.9 Å². The van der Waals surface area contributed by atoms with Gasteiger partial charge >= 0.3 is 53.6 Å². The van der Waals surface area contributed by atoms with E-state index < -0.39 is 60.2 Å². The molecule has 0 rings (SSSR count). The molecular weight excluding hydrogens is 531 g/mol. The second-order valence-electron chi connectivity index (χ2n) is 5.89. The van der Waals surface area contributed by atoms with Crippen molar-refractivity contribution < 1.29 is 85.4 Å². The second kappa shape index (κ2) is 10.1. The van der Waals surface area contributed by atoms with Crippen molar-refractivity contribution in [1.82, 2.24) is 5.48 Å². The molecule has 0 saturated carbocycles. The number of halogens is 15. The van der Waals surface area contributed by atoms with E-state index in [-0.39, 0.29) is 5.57 Å². The molecule has 202 valence electrons. The minimum absolute atomic E-state index is 0.176. The van der Waals surface area contributed by atoms with Crippen LogP contribution in [0.25, 0.3) is 0 Å². The quantitative estimate of drug-likeness (QED) is 0.242. The van der Waals surface area contributed by atoms with E-state index in [0.29, 0.717) is 5.48 Å². The van der Waals surface area contributed by atoms with Crippen LogP contribution in [-0.4, -0.2) is 65.3 Å². The summed E-state index contributed by atoms with van der Waals surface area (Å²) in [7, 11) is 0. The SMILES string of the molecule is C=C(C)C(=O)O.CCONC(=O)C(F)(F)C(F)(F)C(F)(F)C(F)(F)C(F)(F)C(F)(F)C(F)(F)F. The monoisotopic (exact) mass is 543 g/mol. The molecule has 0 atom stereocenters. The molecule has 0 saturated heterocycles. The first kappa shape index (κ1) is 33.8. The Morgan fingerprint density at radius 3 is 1.29 bits per heavy atom. The number of aliphatic carboxylic acids is 1. The molecule has 20 heteroatoms. The molecule has 0 aliphatic rings. The van der Waals surface area contributed by atoms with Gasteiger partial charge in [-0.2, -0.15) is 65.9 Å². The van der Waals surface area contributed by atoms with Gasteiger partial charge in [0.2, 0.25) is 0 Å². The number of carbonyl (C=O) groups excluding carboxylic acids is 1. The van der Waals surface area contributed by atoms with Crippen molar-refractivity contribution in [3.8, 4) is 0 Å². The number of carboxylic acid groups (broad SMARTS) is 1. The zero-order valence-electron chi connectivity index (χ0n) is 16.3. The minimum atomic E-state index is -8.43. The van der Waals surface area contributed by atoms with Gasteiger partial charge in [0.15, 0.2) is 0 Å². The maximum absolute atomic E-state index is 13.2. The van der Waals surface area contributed by atoms with E-state index in [9.17, 15) is 75.4 Å². The number of rotatable bonds is 9. The highest BCUT2D eigenvalue weighted by Crippen LogP contribution is 2.62. The number of amides is 1. The van der Waals surface area contributed by atoms with Gasteiger partial charge in [-0.25, -0.2) is 10.3 Å². The summed E-state index contributed by atoms with van der Waals surface area (Å²) in [6.45, 7) is 4.69. The van der Waals surface area contributed by atoms with Crippen LogP contribution < -0.4 is 5.48 Å². The first-order valence-corrected chi connectivity index (χ1v) is 7.77. The fraction of sp³-hybridized carbons (Fsp3) is 0.714. The third kappa shape index (κ3) is 5.62. The lowest BCUT2D eigenvalue weighted by molar-refractivity contribution is -0.449. The summed E-state index contributed by atoms with van der Waals surface area (Å²) in [5.41, 5.74) is 0.509. The summed E-state index contributed by atoms with van der Waals surface area (Å²) in [4.78, 5) is 23.9. The molecular formula is C14H12F15NO4. The molecule has 1 amide bonds. The standard InChI is InChI=1S/C10H6F15NO2.C4H6O2/c1-2-28-26-3(27)4(11,12)5(13,14)6(15,16)7(17,18)8(19,20)9(21,22)10(23,24)25;1-3(2)4(5)6/h2H2,1H3,(H,26,27);1H2,2H3,(H,5,6). The van der Waals surface area contributed by atoms with Gasteiger partial charge in [-0.05, 0) is 13.8 Å². The second-order valence-corrected chi connectivity index (χ2v) is 5.89. The summed E-state index contributed by atoms with van der Waals surface area (Å²) >= 11 is 0. The van der Waals surface area contributed by atoms with Crippen LogP contribution in [0, 0.1) is 0 Å². The van der Waals surface area contributed by atoms with Crippen molar-refractivity contribution in [3.63, 3.8) is 0 Å². The molecule has 2 N–H and O–H groups in total. The zero-order valence-corrected chi connectivity index (χ0v) is 16.3. The molecule has 0 aromatic heterocycles. The summed E-state index contributed by atoms with van der Waals surface area (Å²) in [5.74, 6) is -52.6. The van der Waals surface area contributed by atoms with E-state index in [4.69, 9.17) is 5.11 Å². The summed E-state index contributed by atoms with van der Waals surface area (Å²) in [6, 6.07) is 0. The van der Waals surface area contributed by atoms with Gasteiger partial charge in [0.25, 0.3) is 0 Å². The Morgan fingerprint density at radius 2 is 1.03 bits per heavy atom. The Bertz CT molecular complexity index is 749. The maximum Gasteiger partial charge on any atom is 0.460 e. The molecule has 0 aliphatic carbocycles. The first-order chi connectivity index (χ1) is 14.6. The smallest absolute Gasteiger partial charge is 0.460 e. The minimum Gasteiger partial charge on any atom is -0.478 e. The molecule has 34 heavy (non-hydrogen) atoms. The number of carboxylic acids is 1. The Morgan fingerprint density at radius 1 is 0.735 bits per heavy atom. The number of hydrogen-bond donors (Lipinski definition) is 2. The first-order valence-electron chi connectivity index (χ1n) is 7.77. The van der Waals surface area contributed by atoms with Crippen LogP contribution in [0.1, 0.15) is 13.8 Å². The largest absolute Gasteiger partial charge is 0.478 e. The van der Waals surface area contributed by atoms with Crippen molar-refractivity contribution in [1.29, 1.82) is 0 Å². The molecule has 0 fully saturated rings. The fourth-order valence-electron chi connectivity index (χ4n) is 1.31. The number of alkyl halides is 15. The van der Waals surface area contributed by atoms with Crippen LogP contribution in [0.15, 0.2) is 12.2 Å². The van der Waals surface area contributed by atoms with Crippen molar-refractivity contribution in [3.05, 3.63) is 12.2 Å². The number of nitrogens with one attached hydrogen (secondary N) is 1. The van der Waals surface area contributed by atoms with Crippen LogP contribution in [0.5, 0.6) is 0 Å². The lowest BCUT2D eigenvalue weighted by atomic mass is 9.91. The molecule has 0 heterocycles. The fourth-order valence-corrected chi connectivity index (χ4v) is 1.31. The highest BCUT2D eigenvalue weighted by atomic mass is 19.4. The van der Waals surface area contributed by atoms with Gasteiger partial charge in [-0.15, -0.1) is 0 Å². The Kier molecular flexibility index (Phi) is 9.99. The van der Waals surface area contributed by atoms with Crippen molar-refractivity contribution in [2.45, 2.75) is 55.6 Å². The van der Waals surface area contributed by atoms with Gasteiger partial charge in [0.05, 0.1) is 6.61 Å².